The van der Waals surface area contributed by atoms with Crippen LogP contribution in [0.4, 0.5) is 11.4 Å². The van der Waals surface area contributed by atoms with E-state index in [-0.39, 0.29) is 5.91 Å². The maximum absolute atomic E-state index is 13.1. The molecule has 6 nitrogen and oxygen atoms in total. The zero-order valence-corrected chi connectivity index (χ0v) is 16.3. The van der Waals surface area contributed by atoms with Crippen molar-refractivity contribution in [3.05, 3.63) is 58.6 Å². The number of nitrogens with one attached hydrogen (secondary N) is 1. The Bertz CT molecular complexity index is 926. The van der Waals surface area contributed by atoms with E-state index >= 15 is 0 Å². The Morgan fingerprint density at radius 1 is 1.14 bits per heavy atom. The Kier molecular flexibility index (Phi) is 5.00. The Labute approximate surface area is 168 Å². The summed E-state index contributed by atoms with van der Waals surface area (Å²) in [5.41, 5.74) is 1.36. The number of carbonyl (C=O) groups excluding carboxylic acids is 2. The molecule has 1 fully saturated rings. The van der Waals surface area contributed by atoms with E-state index in [2.05, 4.69) is 10.2 Å². The lowest BCUT2D eigenvalue weighted by Crippen LogP contribution is -2.49. The van der Waals surface area contributed by atoms with Gasteiger partial charge < -0.3 is 19.7 Å². The SMILES string of the molecule is CC1(C(=O)Nc2cccc(Cl)c2N2CCOCC2)Cc2ccccc2C(=O)O1. The normalized spacial score (nSPS) is 21.6. The lowest BCUT2D eigenvalue weighted by Gasteiger charge is -2.34. The quantitative estimate of drug-likeness (QED) is 0.801. The summed E-state index contributed by atoms with van der Waals surface area (Å²) in [5.74, 6) is -0.869. The van der Waals surface area contributed by atoms with Crippen molar-refractivity contribution < 1.29 is 19.1 Å². The van der Waals surface area contributed by atoms with Gasteiger partial charge in [0.2, 0.25) is 0 Å². The van der Waals surface area contributed by atoms with Crippen molar-refractivity contribution in [1.29, 1.82) is 0 Å². The highest BCUT2D eigenvalue weighted by Gasteiger charge is 2.43. The third kappa shape index (κ3) is 3.45. The molecule has 0 bridgehead atoms. The molecular weight excluding hydrogens is 380 g/mol. The van der Waals surface area contributed by atoms with Gasteiger partial charge in [0.25, 0.3) is 5.91 Å². The standard InChI is InChI=1S/C21H21ClN2O4/c1-21(13-14-5-2-3-6-15(14)19(25)28-21)20(26)23-17-8-4-7-16(22)18(17)24-9-11-27-12-10-24/h2-8H,9-13H2,1H3,(H,23,26). The van der Waals surface area contributed by atoms with E-state index in [1.165, 1.54) is 0 Å². The van der Waals surface area contributed by atoms with E-state index < -0.39 is 11.6 Å². The highest BCUT2D eigenvalue weighted by Crippen LogP contribution is 2.36. The summed E-state index contributed by atoms with van der Waals surface area (Å²) in [6.07, 6.45) is 0.314. The fourth-order valence-electron chi connectivity index (χ4n) is 3.64. The van der Waals surface area contributed by atoms with Gasteiger partial charge >= 0.3 is 5.97 Å². The molecule has 0 saturated carbocycles. The summed E-state index contributed by atoms with van der Waals surface area (Å²) in [6.45, 7) is 4.21. The van der Waals surface area contributed by atoms with Gasteiger partial charge in [-0.2, -0.15) is 0 Å². The molecule has 4 rings (SSSR count). The van der Waals surface area contributed by atoms with Gasteiger partial charge in [-0.3, -0.25) is 4.79 Å². The summed E-state index contributed by atoms with van der Waals surface area (Å²) in [5, 5.41) is 3.48. The second-order valence-corrected chi connectivity index (χ2v) is 7.55. The summed E-state index contributed by atoms with van der Waals surface area (Å²) in [7, 11) is 0. The van der Waals surface area contributed by atoms with Crippen LogP contribution in [0.3, 0.4) is 0 Å². The van der Waals surface area contributed by atoms with Crippen LogP contribution in [0.15, 0.2) is 42.5 Å². The van der Waals surface area contributed by atoms with Gasteiger partial charge in [0.1, 0.15) is 0 Å². The van der Waals surface area contributed by atoms with Crippen molar-refractivity contribution in [3.8, 4) is 0 Å². The van der Waals surface area contributed by atoms with Crippen LogP contribution in [-0.2, 0) is 20.7 Å². The first-order chi connectivity index (χ1) is 13.5. The van der Waals surface area contributed by atoms with E-state index in [4.69, 9.17) is 21.1 Å². The summed E-state index contributed by atoms with van der Waals surface area (Å²) >= 11 is 6.44. The number of para-hydroxylation sites is 1. The number of hydrogen-bond donors (Lipinski definition) is 1. The van der Waals surface area contributed by atoms with Crippen LogP contribution in [-0.4, -0.2) is 43.8 Å². The van der Waals surface area contributed by atoms with Crippen molar-refractivity contribution in [2.24, 2.45) is 0 Å². The molecule has 2 aromatic carbocycles. The van der Waals surface area contributed by atoms with Crippen LogP contribution < -0.4 is 10.2 Å². The smallest absolute Gasteiger partial charge is 0.339 e. The Balaban J connectivity index is 1.61. The number of fused-ring (bicyclic) bond motifs is 1. The number of carbonyl (C=O) groups is 2. The molecule has 1 amide bonds. The minimum absolute atomic E-state index is 0.314. The molecule has 7 heteroatoms. The highest BCUT2D eigenvalue weighted by molar-refractivity contribution is 6.34. The van der Waals surface area contributed by atoms with Crippen LogP contribution in [0.5, 0.6) is 0 Å². The van der Waals surface area contributed by atoms with E-state index in [0.717, 1.165) is 11.3 Å². The zero-order valence-electron chi connectivity index (χ0n) is 15.5. The highest BCUT2D eigenvalue weighted by atomic mass is 35.5. The number of benzene rings is 2. The Morgan fingerprint density at radius 2 is 1.89 bits per heavy atom. The second kappa shape index (κ2) is 7.45. The van der Waals surface area contributed by atoms with Gasteiger partial charge in [-0.25, -0.2) is 4.79 Å². The lowest BCUT2D eigenvalue weighted by molar-refractivity contribution is -0.134. The van der Waals surface area contributed by atoms with E-state index in [1.807, 2.05) is 12.1 Å². The zero-order chi connectivity index (χ0) is 19.7. The van der Waals surface area contributed by atoms with Gasteiger partial charge in [-0.05, 0) is 30.7 Å². The number of amides is 1. The Hall–Kier alpha value is -2.57. The van der Waals surface area contributed by atoms with E-state index in [9.17, 15) is 9.59 Å². The molecule has 2 aliphatic rings. The number of cyclic esters (lactones) is 1. The molecule has 146 valence electrons. The number of rotatable bonds is 3. The molecular formula is C21H21ClN2O4. The summed E-state index contributed by atoms with van der Waals surface area (Å²) in [6, 6.07) is 12.6. The van der Waals surface area contributed by atoms with Crippen LogP contribution in [0.2, 0.25) is 5.02 Å². The molecule has 28 heavy (non-hydrogen) atoms. The molecule has 1 unspecified atom stereocenters. The summed E-state index contributed by atoms with van der Waals surface area (Å²) < 4.78 is 10.9. The minimum Gasteiger partial charge on any atom is -0.445 e. The molecule has 0 aliphatic carbocycles. The fourth-order valence-corrected chi connectivity index (χ4v) is 3.93. The molecule has 0 radical (unpaired) electrons. The monoisotopic (exact) mass is 400 g/mol. The largest absolute Gasteiger partial charge is 0.445 e. The predicted octanol–water partition coefficient (Wildman–Crippen LogP) is 3.29. The first kappa shape index (κ1) is 18.8. The Morgan fingerprint density at radius 3 is 2.68 bits per heavy atom. The first-order valence-corrected chi connectivity index (χ1v) is 9.60. The molecule has 2 aromatic rings. The average Bonchev–Trinajstić information content (AvgIpc) is 2.69. The molecule has 2 heterocycles. The van der Waals surface area contributed by atoms with Crippen LogP contribution in [0.1, 0.15) is 22.8 Å². The van der Waals surface area contributed by atoms with Gasteiger partial charge in [-0.15, -0.1) is 0 Å². The van der Waals surface area contributed by atoms with E-state index in [1.54, 1.807) is 37.3 Å². The van der Waals surface area contributed by atoms with Crippen LogP contribution in [0, 0.1) is 0 Å². The van der Waals surface area contributed by atoms with Gasteiger partial charge in [0.15, 0.2) is 5.60 Å². The minimum atomic E-state index is -1.30. The average molecular weight is 401 g/mol. The number of ether oxygens (including phenoxy) is 2. The summed E-state index contributed by atoms with van der Waals surface area (Å²) in [4.78, 5) is 27.6. The molecule has 1 N–H and O–H groups in total. The molecule has 1 atom stereocenters. The van der Waals surface area contributed by atoms with Crippen molar-refractivity contribution in [1.82, 2.24) is 0 Å². The van der Waals surface area contributed by atoms with Gasteiger partial charge in [0, 0.05) is 19.5 Å². The van der Waals surface area contributed by atoms with Crippen molar-refractivity contribution in [2.75, 3.05) is 36.5 Å². The van der Waals surface area contributed by atoms with Crippen LogP contribution in [0.25, 0.3) is 0 Å². The van der Waals surface area contributed by atoms with Crippen molar-refractivity contribution in [3.63, 3.8) is 0 Å². The maximum Gasteiger partial charge on any atom is 0.339 e. The number of esters is 1. The van der Waals surface area contributed by atoms with Crippen molar-refractivity contribution >= 4 is 34.9 Å². The number of halogens is 1. The maximum atomic E-state index is 13.1. The number of anilines is 2. The third-order valence-corrected chi connectivity index (χ3v) is 5.43. The number of nitrogens with zero attached hydrogens (tertiary/aromatic N) is 1. The lowest BCUT2D eigenvalue weighted by atomic mass is 9.89. The molecule has 2 aliphatic heterocycles. The predicted molar refractivity (Wildman–Crippen MR) is 107 cm³/mol. The van der Waals surface area contributed by atoms with Crippen molar-refractivity contribution in [2.45, 2.75) is 18.9 Å². The number of hydrogen-bond acceptors (Lipinski definition) is 5. The number of morpholine rings is 1. The fraction of sp³-hybridized carbons (Fsp3) is 0.333. The topological polar surface area (TPSA) is 67.9 Å². The van der Waals surface area contributed by atoms with Crippen LogP contribution >= 0.6 is 11.6 Å². The van der Waals surface area contributed by atoms with Gasteiger partial charge in [-0.1, -0.05) is 35.9 Å². The first-order valence-electron chi connectivity index (χ1n) is 9.22. The second-order valence-electron chi connectivity index (χ2n) is 7.14. The van der Waals surface area contributed by atoms with E-state index in [0.29, 0.717) is 49.0 Å². The molecule has 0 spiro atoms. The molecule has 0 aromatic heterocycles. The third-order valence-electron chi connectivity index (χ3n) is 5.13. The molecule has 1 saturated heterocycles. The van der Waals surface area contributed by atoms with Gasteiger partial charge in [0.05, 0.1) is 35.2 Å².